The van der Waals surface area contributed by atoms with E-state index >= 15 is 0 Å². The normalized spacial score (nSPS) is 15.1. The molecule has 0 rings (SSSR count). The van der Waals surface area contributed by atoms with E-state index in [1.807, 2.05) is 0 Å². The molecule has 0 aliphatic heterocycles. The molecule has 0 heterocycles. The molecule has 0 aliphatic carbocycles. The topological polar surface area (TPSA) is 132 Å². The summed E-state index contributed by atoms with van der Waals surface area (Å²) in [6, 6.07) is 0. The van der Waals surface area contributed by atoms with Crippen molar-refractivity contribution in [3.05, 3.63) is 109 Å². The average Bonchev–Trinajstić information content (AvgIpc) is 3.21. The standard InChI is InChI=1S/C48H79O9P/c1-3-5-7-9-11-13-15-17-19-20-21-22-23-24-25-26-27-28-30-32-34-36-38-40-48(51)57-47(45-56-58(52,53)55-43-46(50)42-49)44-54-41-39-37-35-33-31-29-18-16-14-12-10-8-6-4-2/h5-8,11-14,17-19,21-22,24-25,27-29,46-47,49-50H,3-4,9-10,15-16,20,23,26,30-45H2,1-2H3,(H,52,53)/b7-5-,8-6-,13-11-,14-12-,19-17-,22-21-,25-24-,28-27-,29-18-. The van der Waals surface area contributed by atoms with Crippen molar-refractivity contribution in [1.29, 1.82) is 0 Å². The van der Waals surface area contributed by atoms with Crippen molar-refractivity contribution in [1.82, 2.24) is 0 Å². The Morgan fingerprint density at radius 1 is 0.534 bits per heavy atom. The number of hydrogen-bond donors (Lipinski definition) is 3. The first-order valence-corrected chi connectivity index (χ1v) is 23.4. The molecule has 330 valence electrons. The Morgan fingerprint density at radius 2 is 0.931 bits per heavy atom. The molecule has 0 aromatic carbocycles. The third-order valence-corrected chi connectivity index (χ3v) is 9.40. The van der Waals surface area contributed by atoms with E-state index in [1.54, 1.807) is 0 Å². The van der Waals surface area contributed by atoms with Gasteiger partial charge in [0.2, 0.25) is 0 Å². The van der Waals surface area contributed by atoms with Crippen LogP contribution in [0.25, 0.3) is 0 Å². The fraction of sp³-hybridized carbons (Fsp3) is 0.604. The Morgan fingerprint density at radius 3 is 1.38 bits per heavy atom. The van der Waals surface area contributed by atoms with E-state index in [0.29, 0.717) is 13.0 Å². The van der Waals surface area contributed by atoms with Crippen LogP contribution >= 0.6 is 7.82 Å². The molecule has 0 saturated carbocycles. The number of hydrogen-bond acceptors (Lipinski definition) is 8. The van der Waals surface area contributed by atoms with E-state index in [9.17, 15) is 19.4 Å². The van der Waals surface area contributed by atoms with Gasteiger partial charge in [0.25, 0.3) is 0 Å². The third-order valence-electron chi connectivity index (χ3n) is 8.45. The number of phosphoric acid groups is 1. The third kappa shape index (κ3) is 42.7. The van der Waals surface area contributed by atoms with Crippen LogP contribution in [0.15, 0.2) is 109 Å². The summed E-state index contributed by atoms with van der Waals surface area (Å²) in [5.41, 5.74) is 0. The Bertz CT molecular complexity index is 1260. The molecule has 0 spiro atoms. The zero-order chi connectivity index (χ0) is 42.5. The van der Waals surface area contributed by atoms with E-state index in [1.165, 1.54) is 0 Å². The van der Waals surface area contributed by atoms with Gasteiger partial charge in [0.15, 0.2) is 0 Å². The van der Waals surface area contributed by atoms with Crippen LogP contribution < -0.4 is 0 Å². The van der Waals surface area contributed by atoms with Crippen molar-refractivity contribution in [2.45, 2.75) is 154 Å². The lowest BCUT2D eigenvalue weighted by molar-refractivity contribution is -0.154. The molecule has 3 N–H and O–H groups in total. The number of esters is 1. The molecule has 3 atom stereocenters. The van der Waals surface area contributed by atoms with Gasteiger partial charge in [-0.15, -0.1) is 0 Å². The first-order chi connectivity index (χ1) is 28.3. The maximum absolute atomic E-state index is 12.6. The van der Waals surface area contributed by atoms with Gasteiger partial charge in [-0.2, -0.15) is 0 Å². The van der Waals surface area contributed by atoms with Gasteiger partial charge in [-0.3, -0.25) is 13.8 Å². The monoisotopic (exact) mass is 831 g/mol. The highest BCUT2D eigenvalue weighted by Gasteiger charge is 2.26. The SMILES string of the molecule is CC/C=C\C/C=C\C/C=C\C/C=C\C/C=C\C/C=C\CCCCCCC(=O)OC(COCCCCCC/C=C\C/C=C\C/C=C\CC)COP(=O)(O)OCC(O)CO. The minimum atomic E-state index is -4.54. The second-order valence-corrected chi connectivity index (χ2v) is 15.4. The van der Waals surface area contributed by atoms with E-state index in [2.05, 4.69) is 123 Å². The number of allylic oxidation sites excluding steroid dienone is 18. The number of rotatable bonds is 40. The van der Waals surface area contributed by atoms with Crippen LogP contribution in [0.2, 0.25) is 0 Å². The number of aliphatic hydroxyl groups excluding tert-OH is 2. The van der Waals surface area contributed by atoms with E-state index in [-0.39, 0.29) is 13.0 Å². The summed E-state index contributed by atoms with van der Waals surface area (Å²) in [4.78, 5) is 22.6. The van der Waals surface area contributed by atoms with E-state index in [0.717, 1.165) is 116 Å². The van der Waals surface area contributed by atoms with Crippen molar-refractivity contribution in [3.63, 3.8) is 0 Å². The lowest BCUT2D eigenvalue weighted by Gasteiger charge is -2.20. The summed E-state index contributed by atoms with van der Waals surface area (Å²) >= 11 is 0. The van der Waals surface area contributed by atoms with Crippen molar-refractivity contribution in [2.75, 3.05) is 33.0 Å². The van der Waals surface area contributed by atoms with Gasteiger partial charge in [0, 0.05) is 13.0 Å². The van der Waals surface area contributed by atoms with Gasteiger partial charge in [-0.25, -0.2) is 4.57 Å². The van der Waals surface area contributed by atoms with E-state index in [4.69, 9.17) is 23.6 Å². The molecule has 0 radical (unpaired) electrons. The highest BCUT2D eigenvalue weighted by Crippen LogP contribution is 2.43. The van der Waals surface area contributed by atoms with Crippen molar-refractivity contribution < 1.29 is 43.0 Å². The van der Waals surface area contributed by atoms with Crippen LogP contribution in [0.5, 0.6) is 0 Å². The van der Waals surface area contributed by atoms with Crippen LogP contribution in [0.3, 0.4) is 0 Å². The van der Waals surface area contributed by atoms with Crippen LogP contribution in [-0.4, -0.2) is 66.3 Å². The smallest absolute Gasteiger partial charge is 0.457 e. The molecular formula is C48H79O9P. The molecule has 0 saturated heterocycles. The predicted octanol–water partition coefficient (Wildman–Crippen LogP) is 12.2. The van der Waals surface area contributed by atoms with Crippen LogP contribution in [-0.2, 0) is 27.9 Å². The lowest BCUT2D eigenvalue weighted by Crippen LogP contribution is -2.29. The molecule has 0 fully saturated rings. The quantitative estimate of drug-likeness (QED) is 0.0239. The molecule has 0 aromatic rings. The van der Waals surface area contributed by atoms with E-state index < -0.39 is 45.8 Å². The molecule has 3 unspecified atom stereocenters. The Kier molecular flexibility index (Phi) is 41.5. The maximum atomic E-state index is 12.6. The zero-order valence-corrected chi connectivity index (χ0v) is 36.9. The minimum absolute atomic E-state index is 0.0153. The zero-order valence-electron chi connectivity index (χ0n) is 36.0. The van der Waals surface area contributed by atoms with Crippen LogP contribution in [0.4, 0.5) is 0 Å². The first kappa shape index (κ1) is 55.1. The number of aliphatic hydroxyl groups is 2. The van der Waals surface area contributed by atoms with Crippen LogP contribution in [0.1, 0.15) is 142 Å². The maximum Gasteiger partial charge on any atom is 0.472 e. The van der Waals surface area contributed by atoms with Gasteiger partial charge in [0.1, 0.15) is 12.2 Å². The summed E-state index contributed by atoms with van der Waals surface area (Å²) in [7, 11) is -4.54. The average molecular weight is 831 g/mol. The van der Waals surface area contributed by atoms with Crippen molar-refractivity contribution in [3.8, 4) is 0 Å². The van der Waals surface area contributed by atoms with Crippen molar-refractivity contribution in [2.24, 2.45) is 0 Å². The molecule has 10 heteroatoms. The lowest BCUT2D eigenvalue weighted by atomic mass is 10.1. The highest BCUT2D eigenvalue weighted by molar-refractivity contribution is 7.47. The van der Waals surface area contributed by atoms with Gasteiger partial charge in [-0.05, 0) is 96.3 Å². The number of ether oxygens (including phenoxy) is 2. The van der Waals surface area contributed by atoms with Gasteiger partial charge >= 0.3 is 13.8 Å². The minimum Gasteiger partial charge on any atom is -0.457 e. The molecular weight excluding hydrogens is 751 g/mol. The number of carbonyl (C=O) groups is 1. The first-order valence-electron chi connectivity index (χ1n) is 21.9. The van der Waals surface area contributed by atoms with Gasteiger partial charge in [-0.1, -0.05) is 149 Å². The summed E-state index contributed by atoms with van der Waals surface area (Å²) in [6.07, 6.45) is 56.2. The van der Waals surface area contributed by atoms with Crippen LogP contribution in [0, 0.1) is 0 Å². The number of carbonyl (C=O) groups excluding carboxylic acids is 1. The summed E-state index contributed by atoms with van der Waals surface area (Å²) in [5, 5.41) is 18.3. The predicted molar refractivity (Wildman–Crippen MR) is 241 cm³/mol. The molecule has 0 amide bonds. The number of unbranched alkanes of at least 4 members (excludes halogenated alkanes) is 8. The van der Waals surface area contributed by atoms with Gasteiger partial charge in [0.05, 0.1) is 26.4 Å². The largest absolute Gasteiger partial charge is 0.472 e. The summed E-state index contributed by atoms with van der Waals surface area (Å²) in [5.74, 6) is -0.421. The summed E-state index contributed by atoms with van der Waals surface area (Å²) < 4.78 is 33.3. The second kappa shape index (κ2) is 43.7. The molecule has 9 nitrogen and oxygen atoms in total. The van der Waals surface area contributed by atoms with Gasteiger partial charge < -0.3 is 24.6 Å². The number of phosphoric ester groups is 1. The molecule has 58 heavy (non-hydrogen) atoms. The fourth-order valence-corrected chi connectivity index (χ4v) is 5.98. The summed E-state index contributed by atoms with van der Waals surface area (Å²) in [6.45, 7) is 3.16. The molecule has 0 bridgehead atoms. The highest BCUT2D eigenvalue weighted by atomic mass is 31.2. The Hall–Kier alpha value is -2.88. The molecule has 0 aromatic heterocycles. The van der Waals surface area contributed by atoms with Crippen molar-refractivity contribution >= 4 is 13.8 Å². The Labute approximate surface area is 352 Å². The fourth-order valence-electron chi connectivity index (χ4n) is 5.19. The Balaban J connectivity index is 4.28. The second-order valence-electron chi connectivity index (χ2n) is 13.9. The molecule has 0 aliphatic rings.